The molecule has 0 aliphatic rings. The third kappa shape index (κ3) is 6.25. The van der Waals surface area contributed by atoms with Gasteiger partial charge in [-0.3, -0.25) is 0 Å². The van der Waals surface area contributed by atoms with Crippen LogP contribution in [0.1, 0.15) is 5.82 Å². The number of anilines is 2. The van der Waals surface area contributed by atoms with Crippen LogP contribution in [0.5, 0.6) is 23.0 Å². The van der Waals surface area contributed by atoms with Gasteiger partial charge in [0.05, 0.1) is 26.8 Å². The van der Waals surface area contributed by atoms with Crippen LogP contribution in [0, 0.1) is 0 Å². The second kappa shape index (κ2) is 12.9. The highest BCUT2D eigenvalue weighted by Gasteiger charge is 2.14. The normalized spacial score (nSPS) is 11.0. The van der Waals surface area contributed by atoms with Crippen LogP contribution in [0.15, 0.2) is 106 Å². The van der Waals surface area contributed by atoms with Crippen LogP contribution in [0.25, 0.3) is 44.9 Å². The quantitative estimate of drug-likeness (QED) is 0.153. The van der Waals surface area contributed by atoms with Crippen molar-refractivity contribution in [3.05, 3.63) is 103 Å². The van der Waals surface area contributed by atoms with Crippen LogP contribution in [-0.2, 0) is 6.61 Å². The van der Waals surface area contributed by atoms with Crippen molar-refractivity contribution < 1.29 is 28.0 Å². The van der Waals surface area contributed by atoms with E-state index in [0.29, 0.717) is 46.2 Å². The molecule has 0 atom stereocenters. The van der Waals surface area contributed by atoms with Gasteiger partial charge < -0.3 is 33.3 Å². The van der Waals surface area contributed by atoms with Gasteiger partial charge in [0.25, 0.3) is 5.89 Å². The van der Waals surface area contributed by atoms with E-state index in [2.05, 4.69) is 30.6 Å². The fraction of sp³-hybridized carbons (Fsp3) is 0.114. The van der Waals surface area contributed by atoms with E-state index in [1.54, 1.807) is 21.3 Å². The van der Waals surface area contributed by atoms with Crippen molar-refractivity contribution in [3.63, 3.8) is 0 Å². The molecule has 0 radical (unpaired) electrons. The first-order chi connectivity index (χ1) is 23.1. The second-order valence-electron chi connectivity index (χ2n) is 10.3. The van der Waals surface area contributed by atoms with E-state index in [-0.39, 0.29) is 6.61 Å². The summed E-state index contributed by atoms with van der Waals surface area (Å²) in [5.74, 6) is 4.75. The predicted molar refractivity (Wildman–Crippen MR) is 174 cm³/mol. The number of nitrogens with zero attached hydrogens (tertiary/aromatic N) is 5. The summed E-state index contributed by atoms with van der Waals surface area (Å²) in [7, 11) is 4.81. The van der Waals surface area contributed by atoms with E-state index in [4.69, 9.17) is 28.0 Å². The maximum atomic E-state index is 5.87. The Morgan fingerprint density at radius 2 is 1.36 bits per heavy atom. The summed E-state index contributed by atoms with van der Waals surface area (Å²) in [6, 6.07) is 28.3. The molecule has 47 heavy (non-hydrogen) atoms. The van der Waals surface area contributed by atoms with E-state index in [1.807, 2.05) is 91.0 Å². The Hall–Kier alpha value is -6.43. The Balaban J connectivity index is 0.985. The maximum absolute atomic E-state index is 5.87. The number of methoxy groups -OCH3 is 3. The van der Waals surface area contributed by atoms with E-state index < -0.39 is 0 Å². The molecule has 0 aliphatic heterocycles. The largest absolute Gasteiger partial charge is 0.497 e. The van der Waals surface area contributed by atoms with Crippen LogP contribution >= 0.6 is 0 Å². The molecule has 12 nitrogen and oxygen atoms in total. The van der Waals surface area contributed by atoms with E-state index in [1.165, 1.54) is 6.33 Å². The molecule has 0 saturated heterocycles. The Morgan fingerprint density at radius 1 is 0.660 bits per heavy atom. The number of aromatic nitrogens is 5. The molecular weight excluding hydrogens is 600 g/mol. The Bertz CT molecular complexity index is 2130. The van der Waals surface area contributed by atoms with Gasteiger partial charge in [0.15, 0.2) is 23.9 Å². The minimum Gasteiger partial charge on any atom is -0.497 e. The lowest BCUT2D eigenvalue weighted by Crippen LogP contribution is -1.98. The number of hydrogen-bond acceptors (Lipinski definition) is 12. The van der Waals surface area contributed by atoms with Crippen molar-refractivity contribution >= 4 is 22.4 Å². The summed E-state index contributed by atoms with van der Waals surface area (Å²) >= 11 is 0. The zero-order valence-electron chi connectivity index (χ0n) is 25.6. The van der Waals surface area contributed by atoms with Crippen LogP contribution in [0.2, 0.25) is 0 Å². The molecule has 0 spiro atoms. The van der Waals surface area contributed by atoms with Gasteiger partial charge in [-0.25, -0.2) is 9.97 Å². The summed E-state index contributed by atoms with van der Waals surface area (Å²) in [5, 5.41) is 12.5. The molecular formula is C35H28N6O6. The van der Waals surface area contributed by atoms with E-state index in [0.717, 1.165) is 39.0 Å². The van der Waals surface area contributed by atoms with Crippen molar-refractivity contribution in [3.8, 4) is 57.0 Å². The number of benzene rings is 4. The van der Waals surface area contributed by atoms with Crippen molar-refractivity contribution in [1.29, 1.82) is 0 Å². The second-order valence-corrected chi connectivity index (χ2v) is 10.3. The SMILES string of the molecule is COc1ccc(-c2nc(COc3ccc(-c4cc(-c5ccc(Nc6ncnc7cc(OC)c(OC)cc67)cc5)on4)cc3)no2)cc1. The summed E-state index contributed by atoms with van der Waals surface area (Å²) in [6.45, 7) is 0.161. The monoisotopic (exact) mass is 628 g/mol. The minimum absolute atomic E-state index is 0.161. The number of fused-ring (bicyclic) bond motifs is 1. The zero-order chi connectivity index (χ0) is 32.2. The molecule has 0 fully saturated rings. The Labute approximate surface area is 268 Å². The molecule has 0 amide bonds. The number of nitrogens with one attached hydrogen (secondary N) is 1. The van der Waals surface area contributed by atoms with Gasteiger partial charge in [-0.15, -0.1) is 0 Å². The van der Waals surface area contributed by atoms with Gasteiger partial charge in [0, 0.05) is 39.9 Å². The molecule has 7 aromatic rings. The molecule has 0 unspecified atom stereocenters. The van der Waals surface area contributed by atoms with Gasteiger partial charge in [-0.05, 0) is 78.9 Å². The Kier molecular flexibility index (Phi) is 8.03. The highest BCUT2D eigenvalue weighted by Crippen LogP contribution is 2.35. The standard InChI is InChI=1S/C35H28N6O6/c1-42-25-12-8-23(9-13-25)35-39-33(41-47-35)19-45-26-14-6-21(7-15-26)28-17-30(46-40-28)22-4-10-24(11-5-22)38-34-27-16-31(43-2)32(44-3)18-29(27)36-20-37-34/h4-18,20H,19H2,1-3H3,(H,36,37,38). The average molecular weight is 629 g/mol. The first-order valence-corrected chi connectivity index (χ1v) is 14.5. The maximum Gasteiger partial charge on any atom is 0.258 e. The molecule has 7 rings (SSSR count). The minimum atomic E-state index is 0.161. The third-order valence-electron chi connectivity index (χ3n) is 7.41. The molecule has 0 aliphatic carbocycles. The first kappa shape index (κ1) is 29.3. The summed E-state index contributed by atoms with van der Waals surface area (Å²) < 4.78 is 33.0. The molecule has 0 bridgehead atoms. The lowest BCUT2D eigenvalue weighted by atomic mass is 10.1. The third-order valence-corrected chi connectivity index (χ3v) is 7.41. The van der Waals surface area contributed by atoms with Crippen LogP contribution in [0.4, 0.5) is 11.5 Å². The van der Waals surface area contributed by atoms with Crippen molar-refractivity contribution in [2.75, 3.05) is 26.6 Å². The topological polar surface area (TPSA) is 140 Å². The van der Waals surface area contributed by atoms with Gasteiger partial charge in [-0.1, -0.05) is 10.3 Å². The van der Waals surface area contributed by atoms with Crippen molar-refractivity contribution in [2.45, 2.75) is 6.61 Å². The molecule has 1 N–H and O–H groups in total. The molecule has 234 valence electrons. The fourth-order valence-corrected chi connectivity index (χ4v) is 4.92. The lowest BCUT2D eigenvalue weighted by Gasteiger charge is -2.12. The zero-order valence-corrected chi connectivity index (χ0v) is 25.6. The number of rotatable bonds is 11. The summed E-state index contributed by atoms with van der Waals surface area (Å²) in [4.78, 5) is 13.2. The van der Waals surface area contributed by atoms with Gasteiger partial charge >= 0.3 is 0 Å². The highest BCUT2D eigenvalue weighted by molar-refractivity contribution is 5.93. The number of hydrogen-bond donors (Lipinski definition) is 1. The van der Waals surface area contributed by atoms with Crippen LogP contribution in [0.3, 0.4) is 0 Å². The van der Waals surface area contributed by atoms with Crippen LogP contribution < -0.4 is 24.3 Å². The summed E-state index contributed by atoms with van der Waals surface area (Å²) in [5.41, 5.74) is 4.84. The molecule has 3 heterocycles. The fourth-order valence-electron chi connectivity index (χ4n) is 4.92. The molecule has 12 heteroatoms. The van der Waals surface area contributed by atoms with Crippen molar-refractivity contribution in [2.24, 2.45) is 0 Å². The van der Waals surface area contributed by atoms with E-state index >= 15 is 0 Å². The van der Waals surface area contributed by atoms with Gasteiger partial charge in [0.2, 0.25) is 5.82 Å². The number of ether oxygens (including phenoxy) is 4. The smallest absolute Gasteiger partial charge is 0.258 e. The van der Waals surface area contributed by atoms with Gasteiger partial charge in [0.1, 0.15) is 29.3 Å². The van der Waals surface area contributed by atoms with Crippen molar-refractivity contribution in [1.82, 2.24) is 25.3 Å². The average Bonchev–Trinajstić information content (AvgIpc) is 3.82. The molecule has 0 saturated carbocycles. The molecule has 4 aromatic carbocycles. The molecule has 3 aromatic heterocycles. The lowest BCUT2D eigenvalue weighted by molar-refractivity contribution is 0.287. The first-order valence-electron chi connectivity index (χ1n) is 14.5. The summed E-state index contributed by atoms with van der Waals surface area (Å²) in [6.07, 6.45) is 1.51. The van der Waals surface area contributed by atoms with E-state index in [9.17, 15) is 0 Å². The Morgan fingerprint density at radius 3 is 2.11 bits per heavy atom. The predicted octanol–water partition coefficient (Wildman–Crippen LogP) is 7.35. The van der Waals surface area contributed by atoms with Gasteiger partial charge in [-0.2, -0.15) is 4.98 Å². The van der Waals surface area contributed by atoms with Crippen LogP contribution in [-0.4, -0.2) is 46.6 Å². The highest BCUT2D eigenvalue weighted by atomic mass is 16.5.